The molecule has 0 bridgehead atoms. The number of hydrogen-bond acceptors (Lipinski definition) is 7. The molecule has 1 aliphatic rings. The van der Waals surface area contributed by atoms with Crippen LogP contribution < -0.4 is 10.6 Å². The summed E-state index contributed by atoms with van der Waals surface area (Å²) in [7, 11) is 0. The Labute approximate surface area is 167 Å². The first-order chi connectivity index (χ1) is 13.8. The first-order valence-corrected chi connectivity index (χ1v) is 9.29. The zero-order valence-corrected chi connectivity index (χ0v) is 16.7. The summed E-state index contributed by atoms with van der Waals surface area (Å²) in [6.07, 6.45) is 3.05. The highest BCUT2D eigenvalue weighted by Gasteiger charge is 2.30. The van der Waals surface area contributed by atoms with E-state index < -0.39 is 24.0 Å². The lowest BCUT2D eigenvalue weighted by molar-refractivity contribution is -0.139. The quantitative estimate of drug-likeness (QED) is 0.706. The van der Waals surface area contributed by atoms with Crippen LogP contribution in [0.15, 0.2) is 29.7 Å². The molecule has 2 amide bonds. The summed E-state index contributed by atoms with van der Waals surface area (Å²) in [5.74, 6) is -1.21. The van der Waals surface area contributed by atoms with E-state index in [9.17, 15) is 14.4 Å². The maximum absolute atomic E-state index is 12.5. The van der Waals surface area contributed by atoms with Gasteiger partial charge in [-0.05, 0) is 33.8 Å². The molecule has 0 fully saturated rings. The molecule has 0 saturated heterocycles. The third-order valence-electron chi connectivity index (χ3n) is 4.37. The maximum atomic E-state index is 12.5. The maximum Gasteiger partial charge on any atom is 0.340 e. The molecule has 2 N–H and O–H groups in total. The Kier molecular flexibility index (Phi) is 5.81. The molecule has 3 heterocycles. The molecule has 2 aromatic heterocycles. The van der Waals surface area contributed by atoms with Crippen molar-refractivity contribution in [3.8, 4) is 0 Å². The van der Waals surface area contributed by atoms with Crippen molar-refractivity contribution in [1.29, 1.82) is 0 Å². The third-order valence-corrected chi connectivity index (χ3v) is 4.37. The standard InChI is InChI=1S/C19H23N5O5/c1-5-28-18(26)15-11(4)22-19(27)23-14(15)9-29-17(25)13-6-12-8-21-24(10(2)3)16(12)20-7-13/h6-8,10-11H,5,9H2,1-4H3,(H2,22,23,27). The Balaban J connectivity index is 1.79. The number of carbonyl (C=O) groups is 3. The van der Waals surface area contributed by atoms with E-state index >= 15 is 0 Å². The lowest BCUT2D eigenvalue weighted by Gasteiger charge is -2.26. The lowest BCUT2D eigenvalue weighted by atomic mass is 10.0. The van der Waals surface area contributed by atoms with Gasteiger partial charge < -0.3 is 20.1 Å². The number of rotatable bonds is 6. The van der Waals surface area contributed by atoms with Gasteiger partial charge in [0.05, 0.1) is 35.7 Å². The number of carbonyl (C=O) groups excluding carboxylic acids is 3. The summed E-state index contributed by atoms with van der Waals surface area (Å²) in [6.45, 7) is 7.21. The first-order valence-electron chi connectivity index (χ1n) is 9.29. The van der Waals surface area contributed by atoms with Crippen LogP contribution in [0.25, 0.3) is 11.0 Å². The Hall–Kier alpha value is -3.43. The third kappa shape index (κ3) is 4.20. The van der Waals surface area contributed by atoms with Crippen LogP contribution in [-0.2, 0) is 14.3 Å². The van der Waals surface area contributed by atoms with Crippen LogP contribution in [0.4, 0.5) is 4.79 Å². The minimum absolute atomic E-state index is 0.136. The van der Waals surface area contributed by atoms with Gasteiger partial charge in [0.2, 0.25) is 0 Å². The number of pyridine rings is 1. The summed E-state index contributed by atoms with van der Waals surface area (Å²) in [5, 5.41) is 10.1. The van der Waals surface area contributed by atoms with E-state index in [-0.39, 0.29) is 36.1 Å². The number of fused-ring (bicyclic) bond motifs is 1. The van der Waals surface area contributed by atoms with Crippen LogP contribution in [0.5, 0.6) is 0 Å². The molecule has 1 atom stereocenters. The molecule has 1 unspecified atom stereocenters. The van der Waals surface area contributed by atoms with Crippen LogP contribution >= 0.6 is 0 Å². The molecule has 29 heavy (non-hydrogen) atoms. The number of aromatic nitrogens is 3. The second kappa shape index (κ2) is 8.29. The Morgan fingerprint density at radius 3 is 2.69 bits per heavy atom. The van der Waals surface area contributed by atoms with Gasteiger partial charge in [-0.2, -0.15) is 5.10 Å². The van der Waals surface area contributed by atoms with Crippen molar-refractivity contribution in [3.05, 3.63) is 35.3 Å². The monoisotopic (exact) mass is 401 g/mol. The molecule has 10 nitrogen and oxygen atoms in total. The number of amides is 2. The minimum atomic E-state index is -0.632. The van der Waals surface area contributed by atoms with Crippen molar-refractivity contribution in [1.82, 2.24) is 25.4 Å². The fraction of sp³-hybridized carbons (Fsp3) is 0.421. The molecule has 0 aliphatic carbocycles. The smallest absolute Gasteiger partial charge is 0.340 e. The second-order valence-corrected chi connectivity index (χ2v) is 6.83. The van der Waals surface area contributed by atoms with Crippen LogP contribution in [-0.4, -0.2) is 52.0 Å². The molecule has 10 heteroatoms. The van der Waals surface area contributed by atoms with Gasteiger partial charge in [-0.15, -0.1) is 0 Å². The lowest BCUT2D eigenvalue weighted by Crippen LogP contribution is -2.50. The Morgan fingerprint density at radius 2 is 2.00 bits per heavy atom. The molecule has 3 rings (SSSR count). The molecule has 154 valence electrons. The summed E-state index contributed by atoms with van der Waals surface area (Å²) in [5.41, 5.74) is 1.32. The van der Waals surface area contributed by atoms with E-state index in [1.165, 1.54) is 6.20 Å². The largest absolute Gasteiger partial charge is 0.463 e. The highest BCUT2D eigenvalue weighted by atomic mass is 16.5. The number of esters is 2. The van der Waals surface area contributed by atoms with Crippen LogP contribution in [0, 0.1) is 0 Å². The zero-order valence-electron chi connectivity index (χ0n) is 16.7. The zero-order chi connectivity index (χ0) is 21.1. The van der Waals surface area contributed by atoms with Gasteiger partial charge in [0.1, 0.15) is 6.61 Å². The molecule has 0 radical (unpaired) electrons. The predicted octanol–water partition coefficient (Wildman–Crippen LogP) is 1.69. The molecule has 2 aromatic rings. The Bertz CT molecular complexity index is 994. The number of nitrogens with zero attached hydrogens (tertiary/aromatic N) is 3. The molecule has 0 aromatic carbocycles. The fourth-order valence-corrected chi connectivity index (χ4v) is 3.04. The van der Waals surface area contributed by atoms with Gasteiger partial charge in [0, 0.05) is 17.6 Å². The fourth-order valence-electron chi connectivity index (χ4n) is 3.04. The van der Waals surface area contributed by atoms with E-state index in [0.29, 0.717) is 11.0 Å². The van der Waals surface area contributed by atoms with Gasteiger partial charge in [0.25, 0.3) is 0 Å². The van der Waals surface area contributed by atoms with Gasteiger partial charge >= 0.3 is 18.0 Å². The van der Waals surface area contributed by atoms with Crippen molar-refractivity contribution in [2.45, 2.75) is 39.8 Å². The van der Waals surface area contributed by atoms with Crippen molar-refractivity contribution < 1.29 is 23.9 Å². The van der Waals surface area contributed by atoms with E-state index in [4.69, 9.17) is 9.47 Å². The average molecular weight is 401 g/mol. The summed E-state index contributed by atoms with van der Waals surface area (Å²) < 4.78 is 12.1. The summed E-state index contributed by atoms with van der Waals surface area (Å²) >= 11 is 0. The first kappa shape index (κ1) is 20.3. The topological polar surface area (TPSA) is 124 Å². The predicted molar refractivity (Wildman–Crippen MR) is 103 cm³/mol. The van der Waals surface area contributed by atoms with Crippen LogP contribution in [0.1, 0.15) is 44.1 Å². The minimum Gasteiger partial charge on any atom is -0.463 e. The van der Waals surface area contributed by atoms with Crippen LogP contribution in [0.2, 0.25) is 0 Å². The van der Waals surface area contributed by atoms with Crippen molar-refractivity contribution >= 4 is 29.0 Å². The van der Waals surface area contributed by atoms with E-state index in [2.05, 4.69) is 20.7 Å². The number of hydrogen-bond donors (Lipinski definition) is 2. The molecule has 0 spiro atoms. The molecule has 0 saturated carbocycles. The van der Waals surface area contributed by atoms with E-state index in [1.807, 2.05) is 13.8 Å². The highest BCUT2D eigenvalue weighted by Crippen LogP contribution is 2.18. The van der Waals surface area contributed by atoms with E-state index in [0.717, 1.165) is 0 Å². The van der Waals surface area contributed by atoms with E-state index in [1.54, 1.807) is 30.8 Å². The summed E-state index contributed by atoms with van der Waals surface area (Å²) in [4.78, 5) is 40.8. The van der Waals surface area contributed by atoms with Crippen molar-refractivity contribution in [3.63, 3.8) is 0 Å². The van der Waals surface area contributed by atoms with Gasteiger partial charge in [-0.3, -0.25) is 0 Å². The Morgan fingerprint density at radius 1 is 1.24 bits per heavy atom. The molecular formula is C19H23N5O5. The highest BCUT2D eigenvalue weighted by molar-refractivity contribution is 5.95. The normalized spacial score (nSPS) is 16.6. The second-order valence-electron chi connectivity index (χ2n) is 6.83. The van der Waals surface area contributed by atoms with Gasteiger partial charge in [-0.1, -0.05) is 0 Å². The average Bonchev–Trinajstić information content (AvgIpc) is 3.09. The van der Waals surface area contributed by atoms with Gasteiger partial charge in [0.15, 0.2) is 5.65 Å². The summed E-state index contributed by atoms with van der Waals surface area (Å²) in [6, 6.07) is 0.717. The molecule has 1 aliphatic heterocycles. The molecular weight excluding hydrogens is 378 g/mol. The number of nitrogens with one attached hydrogen (secondary N) is 2. The SMILES string of the molecule is CCOC(=O)C1=C(COC(=O)c2cnc3c(cnn3C(C)C)c2)NC(=O)NC1C. The number of ether oxygens (including phenoxy) is 2. The number of urea groups is 1. The van der Waals surface area contributed by atoms with Crippen LogP contribution in [0.3, 0.4) is 0 Å². The van der Waals surface area contributed by atoms with Gasteiger partial charge in [-0.25, -0.2) is 24.0 Å². The van der Waals surface area contributed by atoms with Crippen molar-refractivity contribution in [2.75, 3.05) is 13.2 Å². The van der Waals surface area contributed by atoms with Crippen molar-refractivity contribution in [2.24, 2.45) is 0 Å².